The van der Waals surface area contributed by atoms with Crippen LogP contribution < -0.4 is 11.5 Å². The molecule has 2 unspecified atom stereocenters. The highest BCUT2D eigenvalue weighted by molar-refractivity contribution is 5.07. The second-order valence-electron chi connectivity index (χ2n) is 5.19. The molecule has 1 heterocycles. The van der Waals surface area contributed by atoms with Crippen LogP contribution in [0.4, 0.5) is 0 Å². The van der Waals surface area contributed by atoms with Gasteiger partial charge < -0.3 is 16.6 Å². The van der Waals surface area contributed by atoms with Gasteiger partial charge >= 0.3 is 0 Å². The summed E-state index contributed by atoms with van der Waals surface area (Å²) in [6.45, 7) is 2.70. The molecule has 1 aliphatic heterocycles. The summed E-state index contributed by atoms with van der Waals surface area (Å²) in [6, 6.07) is 0. The Kier molecular flexibility index (Phi) is 2.55. The molecule has 2 bridgehead atoms. The SMILES string of the molecule is NC12CCCC(N)(CN(CCO)C1)C2. The highest BCUT2D eigenvalue weighted by Crippen LogP contribution is 2.37. The van der Waals surface area contributed by atoms with Gasteiger partial charge in [-0.15, -0.1) is 0 Å². The molecule has 0 spiro atoms. The lowest BCUT2D eigenvalue weighted by Gasteiger charge is -2.53. The Morgan fingerprint density at radius 1 is 1.14 bits per heavy atom. The van der Waals surface area contributed by atoms with Gasteiger partial charge in [-0.2, -0.15) is 0 Å². The number of hydrogen-bond acceptors (Lipinski definition) is 4. The Morgan fingerprint density at radius 3 is 2.21 bits per heavy atom. The molecule has 2 fully saturated rings. The van der Waals surface area contributed by atoms with Crippen LogP contribution in [0.1, 0.15) is 25.7 Å². The molecule has 4 nitrogen and oxygen atoms in total. The smallest absolute Gasteiger partial charge is 0.0558 e. The van der Waals surface area contributed by atoms with Gasteiger partial charge in [0, 0.05) is 30.7 Å². The molecule has 2 aliphatic rings. The normalized spacial score (nSPS) is 43.9. The van der Waals surface area contributed by atoms with Crippen molar-refractivity contribution >= 4 is 0 Å². The van der Waals surface area contributed by atoms with E-state index in [2.05, 4.69) is 4.90 Å². The summed E-state index contributed by atoms with van der Waals surface area (Å²) < 4.78 is 0. The minimum atomic E-state index is -0.0968. The molecule has 82 valence electrons. The third kappa shape index (κ3) is 1.93. The van der Waals surface area contributed by atoms with Crippen molar-refractivity contribution in [3.8, 4) is 0 Å². The highest BCUT2D eigenvalue weighted by atomic mass is 16.3. The molecule has 1 aliphatic carbocycles. The van der Waals surface area contributed by atoms with Gasteiger partial charge in [0.05, 0.1) is 6.61 Å². The Labute approximate surface area is 85.2 Å². The average Bonchev–Trinajstić information content (AvgIpc) is 2.00. The van der Waals surface area contributed by atoms with E-state index in [9.17, 15) is 0 Å². The van der Waals surface area contributed by atoms with Crippen molar-refractivity contribution in [2.24, 2.45) is 11.5 Å². The second kappa shape index (κ2) is 3.45. The molecule has 0 amide bonds. The molecule has 2 rings (SSSR count). The van der Waals surface area contributed by atoms with Crippen molar-refractivity contribution in [1.82, 2.24) is 4.90 Å². The summed E-state index contributed by atoms with van der Waals surface area (Å²) in [5, 5.41) is 8.93. The van der Waals surface area contributed by atoms with Crippen molar-refractivity contribution in [1.29, 1.82) is 0 Å². The number of hydrogen-bond donors (Lipinski definition) is 3. The Balaban J connectivity index is 2.08. The molecule has 2 atom stereocenters. The predicted octanol–water partition coefficient (Wildman–Crippen LogP) is -0.737. The first-order chi connectivity index (χ1) is 6.55. The number of β-amino-alcohol motifs (C(OH)–C–C–N with tert-alkyl or cyclic N) is 1. The molecule has 0 aromatic carbocycles. The van der Waals surface area contributed by atoms with E-state index >= 15 is 0 Å². The lowest BCUT2D eigenvalue weighted by Crippen LogP contribution is -2.69. The van der Waals surface area contributed by atoms with E-state index in [1.165, 1.54) is 0 Å². The van der Waals surface area contributed by atoms with Crippen LogP contribution in [0.2, 0.25) is 0 Å². The van der Waals surface area contributed by atoms with E-state index in [4.69, 9.17) is 16.6 Å². The maximum absolute atomic E-state index is 8.93. The van der Waals surface area contributed by atoms with Gasteiger partial charge in [0.25, 0.3) is 0 Å². The van der Waals surface area contributed by atoms with E-state index in [0.29, 0.717) is 6.54 Å². The van der Waals surface area contributed by atoms with E-state index in [1.807, 2.05) is 0 Å². The molecular weight excluding hydrogens is 178 g/mol. The number of nitrogens with two attached hydrogens (primary N) is 2. The van der Waals surface area contributed by atoms with Crippen molar-refractivity contribution in [2.75, 3.05) is 26.2 Å². The molecule has 1 saturated carbocycles. The minimum absolute atomic E-state index is 0.0968. The highest BCUT2D eigenvalue weighted by Gasteiger charge is 2.46. The summed E-state index contributed by atoms with van der Waals surface area (Å²) in [5.74, 6) is 0. The number of aliphatic hydroxyl groups excluding tert-OH is 1. The summed E-state index contributed by atoms with van der Waals surface area (Å²) in [4.78, 5) is 2.21. The summed E-state index contributed by atoms with van der Waals surface area (Å²) in [7, 11) is 0. The van der Waals surface area contributed by atoms with Gasteiger partial charge in [0.2, 0.25) is 0 Å². The Hall–Kier alpha value is -0.160. The molecule has 0 aromatic heterocycles. The third-order valence-electron chi connectivity index (χ3n) is 3.55. The van der Waals surface area contributed by atoms with Crippen molar-refractivity contribution in [2.45, 2.75) is 36.8 Å². The maximum atomic E-state index is 8.93. The number of rotatable bonds is 2. The average molecular weight is 199 g/mol. The Bertz CT molecular complexity index is 205. The predicted molar refractivity (Wildman–Crippen MR) is 55.8 cm³/mol. The van der Waals surface area contributed by atoms with Crippen LogP contribution >= 0.6 is 0 Å². The molecule has 5 N–H and O–H groups in total. The van der Waals surface area contributed by atoms with Crippen LogP contribution in [-0.4, -0.2) is 47.3 Å². The van der Waals surface area contributed by atoms with Gasteiger partial charge in [-0.05, 0) is 25.7 Å². The van der Waals surface area contributed by atoms with Gasteiger partial charge in [0.15, 0.2) is 0 Å². The summed E-state index contributed by atoms with van der Waals surface area (Å²) in [6.07, 6.45) is 4.25. The monoisotopic (exact) mass is 199 g/mol. The van der Waals surface area contributed by atoms with Crippen LogP contribution in [-0.2, 0) is 0 Å². The first-order valence-electron chi connectivity index (χ1n) is 5.46. The topological polar surface area (TPSA) is 75.5 Å². The van der Waals surface area contributed by atoms with Crippen LogP contribution in [0.25, 0.3) is 0 Å². The molecule has 14 heavy (non-hydrogen) atoms. The third-order valence-corrected chi connectivity index (χ3v) is 3.55. The molecular formula is C10H21N3O. The summed E-state index contributed by atoms with van der Waals surface area (Å²) in [5.41, 5.74) is 12.4. The molecule has 0 aromatic rings. The van der Waals surface area contributed by atoms with Crippen LogP contribution in [0.15, 0.2) is 0 Å². The zero-order chi connectivity index (χ0) is 10.2. The van der Waals surface area contributed by atoms with Crippen LogP contribution in [0, 0.1) is 0 Å². The molecule has 0 radical (unpaired) electrons. The lowest BCUT2D eigenvalue weighted by molar-refractivity contribution is 0.0354. The minimum Gasteiger partial charge on any atom is -0.395 e. The van der Waals surface area contributed by atoms with E-state index in [-0.39, 0.29) is 17.7 Å². The van der Waals surface area contributed by atoms with E-state index < -0.39 is 0 Å². The number of aliphatic hydroxyl groups is 1. The lowest BCUT2D eigenvalue weighted by atomic mass is 9.69. The van der Waals surface area contributed by atoms with E-state index in [0.717, 1.165) is 38.8 Å². The number of piperidine rings is 1. The van der Waals surface area contributed by atoms with Gasteiger partial charge in [-0.1, -0.05) is 0 Å². The van der Waals surface area contributed by atoms with Crippen molar-refractivity contribution in [3.05, 3.63) is 0 Å². The van der Waals surface area contributed by atoms with Crippen LogP contribution in [0.5, 0.6) is 0 Å². The fraction of sp³-hybridized carbons (Fsp3) is 1.00. The number of nitrogens with zero attached hydrogens (tertiary/aromatic N) is 1. The van der Waals surface area contributed by atoms with Gasteiger partial charge in [-0.3, -0.25) is 4.90 Å². The van der Waals surface area contributed by atoms with E-state index in [1.54, 1.807) is 0 Å². The Morgan fingerprint density at radius 2 is 1.71 bits per heavy atom. The maximum Gasteiger partial charge on any atom is 0.0558 e. The zero-order valence-electron chi connectivity index (χ0n) is 8.71. The fourth-order valence-electron chi connectivity index (χ4n) is 3.19. The fourth-order valence-corrected chi connectivity index (χ4v) is 3.19. The van der Waals surface area contributed by atoms with Crippen LogP contribution in [0.3, 0.4) is 0 Å². The van der Waals surface area contributed by atoms with Gasteiger partial charge in [-0.25, -0.2) is 0 Å². The van der Waals surface area contributed by atoms with Gasteiger partial charge in [0.1, 0.15) is 0 Å². The number of likely N-dealkylation sites (tertiary alicyclic amines) is 1. The first-order valence-corrected chi connectivity index (χ1v) is 5.46. The largest absolute Gasteiger partial charge is 0.395 e. The quantitative estimate of drug-likeness (QED) is 0.548. The molecule has 1 saturated heterocycles. The molecule has 4 heteroatoms. The number of fused-ring (bicyclic) bond motifs is 2. The second-order valence-corrected chi connectivity index (χ2v) is 5.19. The first kappa shape index (κ1) is 10.4. The zero-order valence-corrected chi connectivity index (χ0v) is 8.71. The summed E-state index contributed by atoms with van der Waals surface area (Å²) >= 11 is 0. The van der Waals surface area contributed by atoms with Crippen molar-refractivity contribution < 1.29 is 5.11 Å². The van der Waals surface area contributed by atoms with Crippen molar-refractivity contribution in [3.63, 3.8) is 0 Å². The standard InChI is InChI=1S/C10H21N3O/c11-9-2-1-3-10(12,6-9)8-13(7-9)4-5-14/h14H,1-8,11-12H2.